The summed E-state index contributed by atoms with van der Waals surface area (Å²) in [6, 6.07) is 12.7. The first-order valence-corrected chi connectivity index (χ1v) is 7.52. The van der Waals surface area contributed by atoms with Crippen molar-refractivity contribution in [2.45, 2.75) is 6.54 Å². The number of hydrogen-bond acceptors (Lipinski definition) is 3. The van der Waals surface area contributed by atoms with E-state index in [0.29, 0.717) is 23.0 Å². The summed E-state index contributed by atoms with van der Waals surface area (Å²) in [6.07, 6.45) is 0. The van der Waals surface area contributed by atoms with Crippen LogP contribution in [-0.2, 0) is 6.54 Å². The molecule has 0 fully saturated rings. The SMILES string of the molecule is COc1ccc(Cl)cc1NC(=O)NCc1ccc(N(C)C)cc1. The fourth-order valence-corrected chi connectivity index (χ4v) is 2.21. The molecule has 2 amide bonds. The highest BCUT2D eigenvalue weighted by Gasteiger charge is 2.08. The van der Waals surface area contributed by atoms with Crippen LogP contribution in [0.15, 0.2) is 42.5 Å². The summed E-state index contributed by atoms with van der Waals surface area (Å²) in [4.78, 5) is 14.0. The summed E-state index contributed by atoms with van der Waals surface area (Å²) < 4.78 is 5.19. The van der Waals surface area contributed by atoms with Gasteiger partial charge in [-0.2, -0.15) is 0 Å². The zero-order valence-electron chi connectivity index (χ0n) is 13.4. The molecule has 122 valence electrons. The second-order valence-corrected chi connectivity index (χ2v) is 5.65. The zero-order chi connectivity index (χ0) is 16.8. The molecule has 0 saturated carbocycles. The van der Waals surface area contributed by atoms with Gasteiger partial charge in [-0.3, -0.25) is 0 Å². The van der Waals surface area contributed by atoms with Crippen LogP contribution in [0.25, 0.3) is 0 Å². The predicted molar refractivity (Wildman–Crippen MR) is 94.6 cm³/mol. The van der Waals surface area contributed by atoms with E-state index in [9.17, 15) is 4.79 Å². The predicted octanol–water partition coefficient (Wildman–Crippen LogP) is 3.74. The molecule has 0 spiro atoms. The highest BCUT2D eigenvalue weighted by atomic mass is 35.5. The summed E-state index contributed by atoms with van der Waals surface area (Å²) in [7, 11) is 5.51. The molecule has 0 aliphatic carbocycles. The van der Waals surface area contributed by atoms with Crippen LogP contribution in [-0.4, -0.2) is 27.2 Å². The molecule has 0 aliphatic rings. The van der Waals surface area contributed by atoms with Crippen molar-refractivity contribution in [3.63, 3.8) is 0 Å². The first kappa shape index (κ1) is 17.0. The van der Waals surface area contributed by atoms with Crippen LogP contribution in [0.5, 0.6) is 5.75 Å². The Hall–Kier alpha value is -2.40. The van der Waals surface area contributed by atoms with Gasteiger partial charge < -0.3 is 20.3 Å². The van der Waals surface area contributed by atoms with Gasteiger partial charge in [0.05, 0.1) is 12.8 Å². The van der Waals surface area contributed by atoms with E-state index in [4.69, 9.17) is 16.3 Å². The van der Waals surface area contributed by atoms with E-state index in [1.807, 2.05) is 43.3 Å². The van der Waals surface area contributed by atoms with E-state index in [1.165, 1.54) is 0 Å². The normalized spacial score (nSPS) is 10.1. The quantitative estimate of drug-likeness (QED) is 0.876. The van der Waals surface area contributed by atoms with E-state index in [0.717, 1.165) is 11.3 Å². The Morgan fingerprint density at radius 2 is 1.87 bits per heavy atom. The van der Waals surface area contributed by atoms with Gasteiger partial charge in [-0.1, -0.05) is 23.7 Å². The lowest BCUT2D eigenvalue weighted by molar-refractivity contribution is 0.251. The number of carbonyl (C=O) groups is 1. The maximum Gasteiger partial charge on any atom is 0.319 e. The Bertz CT molecular complexity index is 672. The fraction of sp³-hybridized carbons (Fsp3) is 0.235. The largest absolute Gasteiger partial charge is 0.495 e. The van der Waals surface area contributed by atoms with Crippen LogP contribution in [0.4, 0.5) is 16.2 Å². The first-order chi connectivity index (χ1) is 11.0. The number of nitrogens with one attached hydrogen (secondary N) is 2. The van der Waals surface area contributed by atoms with Gasteiger partial charge in [0, 0.05) is 31.4 Å². The number of amides is 2. The third-order valence-corrected chi connectivity index (χ3v) is 3.55. The molecule has 5 nitrogen and oxygen atoms in total. The molecular formula is C17H20ClN3O2. The number of benzene rings is 2. The average molecular weight is 334 g/mol. The summed E-state index contributed by atoms with van der Waals surface area (Å²) in [5.74, 6) is 0.555. The van der Waals surface area contributed by atoms with Crippen molar-refractivity contribution >= 4 is 29.0 Å². The van der Waals surface area contributed by atoms with Crippen molar-refractivity contribution < 1.29 is 9.53 Å². The van der Waals surface area contributed by atoms with E-state index in [-0.39, 0.29) is 6.03 Å². The van der Waals surface area contributed by atoms with Gasteiger partial charge >= 0.3 is 6.03 Å². The van der Waals surface area contributed by atoms with Crippen LogP contribution in [0.2, 0.25) is 5.02 Å². The monoisotopic (exact) mass is 333 g/mol. The van der Waals surface area contributed by atoms with Crippen molar-refractivity contribution in [2.24, 2.45) is 0 Å². The molecule has 0 atom stereocenters. The maximum atomic E-state index is 12.0. The minimum absolute atomic E-state index is 0.317. The number of rotatable bonds is 5. The van der Waals surface area contributed by atoms with Gasteiger partial charge in [0.15, 0.2) is 0 Å². The molecule has 2 rings (SSSR count). The Balaban J connectivity index is 1.94. The van der Waals surface area contributed by atoms with Crippen LogP contribution in [0.1, 0.15) is 5.56 Å². The van der Waals surface area contributed by atoms with Crippen molar-refractivity contribution in [3.05, 3.63) is 53.1 Å². The third kappa shape index (κ3) is 4.79. The summed E-state index contributed by atoms with van der Waals surface area (Å²) in [5, 5.41) is 6.07. The Morgan fingerprint density at radius 1 is 1.17 bits per heavy atom. The van der Waals surface area contributed by atoms with E-state index in [2.05, 4.69) is 10.6 Å². The maximum absolute atomic E-state index is 12.0. The smallest absolute Gasteiger partial charge is 0.319 e. The average Bonchev–Trinajstić information content (AvgIpc) is 2.53. The summed E-state index contributed by atoms with van der Waals surface area (Å²) >= 11 is 5.94. The van der Waals surface area contributed by atoms with Crippen LogP contribution in [0, 0.1) is 0 Å². The Labute approximate surface area is 141 Å². The molecule has 0 radical (unpaired) electrons. The summed E-state index contributed by atoms with van der Waals surface area (Å²) in [6.45, 7) is 0.433. The molecule has 0 heterocycles. The molecule has 2 aromatic carbocycles. The molecule has 6 heteroatoms. The van der Waals surface area contributed by atoms with Crippen molar-refractivity contribution in [3.8, 4) is 5.75 Å². The molecule has 0 aliphatic heterocycles. The molecule has 2 aromatic rings. The van der Waals surface area contributed by atoms with E-state index in [1.54, 1.807) is 25.3 Å². The lowest BCUT2D eigenvalue weighted by Crippen LogP contribution is -2.28. The third-order valence-electron chi connectivity index (χ3n) is 3.32. The molecule has 0 unspecified atom stereocenters. The molecule has 0 bridgehead atoms. The minimum atomic E-state index is -0.317. The van der Waals surface area contributed by atoms with Gasteiger partial charge in [-0.25, -0.2) is 4.79 Å². The number of hydrogen-bond donors (Lipinski definition) is 2. The number of methoxy groups -OCH3 is 1. The van der Waals surface area contributed by atoms with Crippen molar-refractivity contribution in [2.75, 3.05) is 31.4 Å². The van der Waals surface area contributed by atoms with Gasteiger partial charge in [-0.05, 0) is 35.9 Å². The van der Waals surface area contributed by atoms with Gasteiger partial charge in [-0.15, -0.1) is 0 Å². The number of anilines is 2. The highest BCUT2D eigenvalue weighted by Crippen LogP contribution is 2.27. The number of ether oxygens (including phenoxy) is 1. The lowest BCUT2D eigenvalue weighted by atomic mass is 10.2. The Morgan fingerprint density at radius 3 is 2.48 bits per heavy atom. The second-order valence-electron chi connectivity index (χ2n) is 5.21. The lowest BCUT2D eigenvalue weighted by Gasteiger charge is -2.13. The topological polar surface area (TPSA) is 53.6 Å². The highest BCUT2D eigenvalue weighted by molar-refractivity contribution is 6.31. The molecule has 23 heavy (non-hydrogen) atoms. The summed E-state index contributed by atoms with van der Waals surface area (Å²) in [5.41, 5.74) is 2.66. The first-order valence-electron chi connectivity index (χ1n) is 7.14. The van der Waals surface area contributed by atoms with E-state index < -0.39 is 0 Å². The zero-order valence-corrected chi connectivity index (χ0v) is 14.1. The minimum Gasteiger partial charge on any atom is -0.495 e. The number of carbonyl (C=O) groups excluding carboxylic acids is 1. The van der Waals surface area contributed by atoms with Crippen LogP contribution >= 0.6 is 11.6 Å². The molecular weight excluding hydrogens is 314 g/mol. The fourth-order valence-electron chi connectivity index (χ4n) is 2.04. The van der Waals surface area contributed by atoms with Crippen LogP contribution < -0.4 is 20.3 Å². The number of halogens is 1. The number of urea groups is 1. The van der Waals surface area contributed by atoms with Crippen molar-refractivity contribution in [1.29, 1.82) is 0 Å². The van der Waals surface area contributed by atoms with Crippen LogP contribution in [0.3, 0.4) is 0 Å². The standard InChI is InChI=1S/C17H20ClN3O2/c1-21(2)14-7-4-12(5-8-14)11-19-17(22)20-15-10-13(18)6-9-16(15)23-3/h4-10H,11H2,1-3H3,(H2,19,20,22). The van der Waals surface area contributed by atoms with Gasteiger partial charge in [0.25, 0.3) is 0 Å². The number of nitrogens with zero attached hydrogens (tertiary/aromatic N) is 1. The molecule has 0 aromatic heterocycles. The molecule has 2 N–H and O–H groups in total. The van der Waals surface area contributed by atoms with Crippen molar-refractivity contribution in [1.82, 2.24) is 5.32 Å². The second kappa shape index (κ2) is 7.74. The van der Waals surface area contributed by atoms with E-state index >= 15 is 0 Å². The van der Waals surface area contributed by atoms with Gasteiger partial charge in [0.1, 0.15) is 5.75 Å². The van der Waals surface area contributed by atoms with Gasteiger partial charge in [0.2, 0.25) is 0 Å². The molecule has 0 saturated heterocycles. The Kier molecular flexibility index (Phi) is 5.71.